The zero-order chi connectivity index (χ0) is 13.9. The van der Waals surface area contributed by atoms with Crippen LogP contribution in [0.25, 0.3) is 0 Å². The molecule has 1 aliphatic rings. The number of hydrogen-bond acceptors (Lipinski definition) is 3. The predicted octanol–water partition coefficient (Wildman–Crippen LogP) is 4.18. The van der Waals surface area contributed by atoms with Gasteiger partial charge in [-0.2, -0.15) is 0 Å². The molecule has 2 aromatic rings. The van der Waals surface area contributed by atoms with Gasteiger partial charge in [-0.05, 0) is 52.0 Å². The molecule has 1 N–H and O–H groups in total. The molecule has 0 atom stereocenters. The van der Waals surface area contributed by atoms with E-state index in [1.165, 1.54) is 45.6 Å². The molecule has 0 fully saturated rings. The van der Waals surface area contributed by atoms with E-state index < -0.39 is 0 Å². The van der Waals surface area contributed by atoms with Crippen LogP contribution >= 0.6 is 27.3 Å². The van der Waals surface area contributed by atoms with Gasteiger partial charge in [0.15, 0.2) is 0 Å². The summed E-state index contributed by atoms with van der Waals surface area (Å²) in [6.45, 7) is 3.05. The fraction of sp³-hybridized carbons (Fsp3) is 0.375. The number of anilines is 1. The molecule has 0 spiro atoms. The predicted molar refractivity (Wildman–Crippen MR) is 90.6 cm³/mol. The number of nitrogens with one attached hydrogen (secondary N) is 1. The van der Waals surface area contributed by atoms with E-state index in [4.69, 9.17) is 0 Å². The smallest absolute Gasteiger partial charge is 0.0396 e. The Kier molecular flexibility index (Phi) is 4.44. The van der Waals surface area contributed by atoms with Gasteiger partial charge in [-0.25, -0.2) is 0 Å². The Balaban J connectivity index is 1.60. The molecule has 0 bridgehead atoms. The van der Waals surface area contributed by atoms with Crippen molar-refractivity contribution in [2.24, 2.45) is 0 Å². The molecular formula is C16H19BrN2S. The van der Waals surface area contributed by atoms with Crippen molar-refractivity contribution in [1.82, 2.24) is 5.32 Å². The average Bonchev–Trinajstić information content (AvgIpc) is 2.85. The standard InChI is InChI=1S/C16H19BrN2S/c1-19-6-2-3-13-7-12(4-5-16(13)19)9-18-10-15-8-14(17)11-20-15/h4-5,7-8,11,18H,2-3,6,9-10H2,1H3. The third kappa shape index (κ3) is 3.25. The van der Waals surface area contributed by atoms with Gasteiger partial charge in [0.05, 0.1) is 0 Å². The van der Waals surface area contributed by atoms with Crippen LogP contribution in [0.2, 0.25) is 0 Å². The average molecular weight is 351 g/mol. The molecule has 106 valence electrons. The second kappa shape index (κ2) is 6.29. The van der Waals surface area contributed by atoms with E-state index in [9.17, 15) is 0 Å². The normalized spacial score (nSPS) is 14.4. The zero-order valence-corrected chi connectivity index (χ0v) is 14.1. The molecule has 2 nitrogen and oxygen atoms in total. The Morgan fingerprint density at radius 1 is 1.30 bits per heavy atom. The number of thiophene rings is 1. The van der Waals surface area contributed by atoms with Gasteiger partial charge in [0, 0.05) is 47.1 Å². The molecular weight excluding hydrogens is 332 g/mol. The van der Waals surface area contributed by atoms with Gasteiger partial charge in [-0.3, -0.25) is 0 Å². The molecule has 1 aliphatic heterocycles. The summed E-state index contributed by atoms with van der Waals surface area (Å²) in [7, 11) is 2.19. The van der Waals surface area contributed by atoms with Gasteiger partial charge in [0.2, 0.25) is 0 Å². The maximum atomic E-state index is 3.53. The summed E-state index contributed by atoms with van der Waals surface area (Å²) in [6.07, 6.45) is 2.48. The van der Waals surface area contributed by atoms with Gasteiger partial charge < -0.3 is 10.2 Å². The van der Waals surface area contributed by atoms with Crippen molar-refractivity contribution in [2.75, 3.05) is 18.5 Å². The molecule has 4 heteroatoms. The summed E-state index contributed by atoms with van der Waals surface area (Å²) in [5, 5.41) is 5.66. The highest BCUT2D eigenvalue weighted by Gasteiger charge is 2.13. The van der Waals surface area contributed by atoms with E-state index >= 15 is 0 Å². The van der Waals surface area contributed by atoms with Crippen LogP contribution in [0, 0.1) is 0 Å². The van der Waals surface area contributed by atoms with Gasteiger partial charge in [0.25, 0.3) is 0 Å². The number of halogens is 1. The van der Waals surface area contributed by atoms with E-state index in [1.54, 1.807) is 11.3 Å². The van der Waals surface area contributed by atoms with Crippen molar-refractivity contribution < 1.29 is 0 Å². The molecule has 0 unspecified atom stereocenters. The van der Waals surface area contributed by atoms with E-state index in [0.29, 0.717) is 0 Å². The topological polar surface area (TPSA) is 15.3 Å². The molecule has 2 heterocycles. The van der Waals surface area contributed by atoms with Crippen molar-refractivity contribution >= 4 is 33.0 Å². The first-order valence-electron chi connectivity index (χ1n) is 6.99. The lowest BCUT2D eigenvalue weighted by molar-refractivity contribution is 0.695. The van der Waals surface area contributed by atoms with E-state index in [0.717, 1.165) is 13.1 Å². The summed E-state index contributed by atoms with van der Waals surface area (Å²) in [4.78, 5) is 3.73. The highest BCUT2D eigenvalue weighted by atomic mass is 79.9. The van der Waals surface area contributed by atoms with Crippen molar-refractivity contribution in [1.29, 1.82) is 0 Å². The second-order valence-corrected chi connectivity index (χ2v) is 7.23. The zero-order valence-electron chi connectivity index (χ0n) is 11.7. The van der Waals surface area contributed by atoms with Gasteiger partial charge in [-0.15, -0.1) is 11.3 Å². The van der Waals surface area contributed by atoms with Gasteiger partial charge in [0.1, 0.15) is 0 Å². The highest BCUT2D eigenvalue weighted by Crippen LogP contribution is 2.26. The maximum Gasteiger partial charge on any atom is 0.0396 e. The van der Waals surface area contributed by atoms with Crippen molar-refractivity contribution in [3.05, 3.63) is 50.1 Å². The Hall–Kier alpha value is -0.840. The third-order valence-electron chi connectivity index (χ3n) is 3.74. The Labute approximate surface area is 132 Å². The van der Waals surface area contributed by atoms with E-state index in [1.807, 2.05) is 0 Å². The van der Waals surface area contributed by atoms with Crippen LogP contribution in [0.3, 0.4) is 0 Å². The summed E-state index contributed by atoms with van der Waals surface area (Å²) in [5.41, 5.74) is 4.29. The summed E-state index contributed by atoms with van der Waals surface area (Å²) >= 11 is 5.29. The van der Waals surface area contributed by atoms with Crippen LogP contribution in [-0.4, -0.2) is 13.6 Å². The first-order chi connectivity index (χ1) is 9.72. The third-order valence-corrected chi connectivity index (χ3v) is 5.44. The molecule has 0 saturated heterocycles. The number of nitrogens with zero attached hydrogens (tertiary/aromatic N) is 1. The fourth-order valence-electron chi connectivity index (χ4n) is 2.73. The Morgan fingerprint density at radius 3 is 3.00 bits per heavy atom. The lowest BCUT2D eigenvalue weighted by Gasteiger charge is -2.27. The summed E-state index contributed by atoms with van der Waals surface area (Å²) in [5.74, 6) is 0. The minimum Gasteiger partial charge on any atom is -0.374 e. The Bertz CT molecular complexity index is 594. The molecule has 1 aromatic heterocycles. The van der Waals surface area contributed by atoms with Crippen molar-refractivity contribution in [2.45, 2.75) is 25.9 Å². The second-order valence-electron chi connectivity index (χ2n) is 5.32. The molecule has 20 heavy (non-hydrogen) atoms. The van der Waals surface area contributed by atoms with Crippen LogP contribution < -0.4 is 10.2 Å². The first kappa shape index (κ1) is 14.1. The summed E-state index contributed by atoms with van der Waals surface area (Å²) in [6, 6.07) is 9.06. The summed E-state index contributed by atoms with van der Waals surface area (Å²) < 4.78 is 1.18. The van der Waals surface area contributed by atoms with Gasteiger partial charge in [-0.1, -0.05) is 12.1 Å². The largest absolute Gasteiger partial charge is 0.374 e. The quantitative estimate of drug-likeness (QED) is 0.889. The first-order valence-corrected chi connectivity index (χ1v) is 8.66. The SMILES string of the molecule is CN1CCCc2cc(CNCc3cc(Br)cs3)ccc21. The van der Waals surface area contributed by atoms with Crippen molar-refractivity contribution in [3.8, 4) is 0 Å². The minimum atomic E-state index is 0.937. The van der Waals surface area contributed by atoms with Crippen LogP contribution in [-0.2, 0) is 19.5 Å². The number of benzene rings is 1. The molecule has 0 saturated carbocycles. The fourth-order valence-corrected chi connectivity index (χ4v) is 4.15. The van der Waals surface area contributed by atoms with Crippen molar-refractivity contribution in [3.63, 3.8) is 0 Å². The molecule has 3 rings (SSSR count). The number of fused-ring (bicyclic) bond motifs is 1. The van der Waals surface area contributed by atoms with Gasteiger partial charge >= 0.3 is 0 Å². The number of hydrogen-bond donors (Lipinski definition) is 1. The van der Waals surface area contributed by atoms with Crippen LogP contribution in [0.1, 0.15) is 22.4 Å². The number of rotatable bonds is 4. The highest BCUT2D eigenvalue weighted by molar-refractivity contribution is 9.10. The number of aryl methyl sites for hydroxylation is 1. The van der Waals surface area contributed by atoms with E-state index in [2.05, 4.69) is 62.8 Å². The molecule has 0 amide bonds. The molecule has 1 aromatic carbocycles. The van der Waals surface area contributed by atoms with E-state index in [-0.39, 0.29) is 0 Å². The Morgan fingerprint density at radius 2 is 2.20 bits per heavy atom. The monoisotopic (exact) mass is 350 g/mol. The lowest BCUT2D eigenvalue weighted by atomic mass is 9.99. The van der Waals surface area contributed by atoms with Crippen LogP contribution in [0.5, 0.6) is 0 Å². The maximum absolute atomic E-state index is 3.53. The van der Waals surface area contributed by atoms with Crippen LogP contribution in [0.4, 0.5) is 5.69 Å². The molecule has 0 aliphatic carbocycles. The van der Waals surface area contributed by atoms with Crippen LogP contribution in [0.15, 0.2) is 34.1 Å². The minimum absolute atomic E-state index is 0.937. The lowest BCUT2D eigenvalue weighted by Crippen LogP contribution is -2.24. The molecule has 0 radical (unpaired) electrons.